The molecular formula is C13H9BrFNO2. The molecule has 18 heavy (non-hydrogen) atoms. The zero-order chi connectivity index (χ0) is 13.1. The van der Waals surface area contributed by atoms with Crippen LogP contribution in [0.25, 0.3) is 0 Å². The summed E-state index contributed by atoms with van der Waals surface area (Å²) in [6.45, 7) is 1.44. The van der Waals surface area contributed by atoms with Gasteiger partial charge < -0.3 is 4.74 Å². The first-order chi connectivity index (χ1) is 8.56. The van der Waals surface area contributed by atoms with Gasteiger partial charge >= 0.3 is 0 Å². The predicted molar refractivity (Wildman–Crippen MR) is 68.4 cm³/mol. The minimum atomic E-state index is -0.354. The quantitative estimate of drug-likeness (QED) is 0.805. The number of halogens is 2. The molecule has 0 saturated heterocycles. The smallest absolute Gasteiger partial charge is 0.178 e. The molecule has 0 bridgehead atoms. The molecule has 0 N–H and O–H groups in total. The molecule has 0 radical (unpaired) electrons. The number of benzene rings is 1. The fraction of sp³-hybridized carbons (Fsp3) is 0.0769. The van der Waals surface area contributed by atoms with Gasteiger partial charge in [0.25, 0.3) is 0 Å². The highest BCUT2D eigenvalue weighted by atomic mass is 79.9. The monoisotopic (exact) mass is 309 g/mol. The number of hydrogen-bond donors (Lipinski definition) is 0. The topological polar surface area (TPSA) is 39.2 Å². The number of pyridine rings is 1. The van der Waals surface area contributed by atoms with E-state index >= 15 is 0 Å². The number of ether oxygens (including phenoxy) is 1. The standard InChI is InChI=1S/C13H9BrFNO2/c1-8(17)13-5-3-10(7-16-13)18-9-2-4-12(15)11(14)6-9/h2-7H,1H3. The van der Waals surface area contributed by atoms with E-state index in [0.29, 0.717) is 21.7 Å². The number of ketones is 1. The second-order valence-electron chi connectivity index (χ2n) is 3.61. The molecule has 2 rings (SSSR count). The molecule has 0 aliphatic carbocycles. The molecule has 92 valence electrons. The second-order valence-corrected chi connectivity index (χ2v) is 4.47. The third kappa shape index (κ3) is 2.92. The van der Waals surface area contributed by atoms with Gasteiger partial charge in [0, 0.05) is 6.92 Å². The molecule has 0 atom stereocenters. The maximum absolute atomic E-state index is 13.0. The summed E-state index contributed by atoms with van der Waals surface area (Å²) in [6.07, 6.45) is 1.45. The molecule has 0 aliphatic rings. The maximum Gasteiger partial charge on any atom is 0.178 e. The average Bonchev–Trinajstić information content (AvgIpc) is 2.34. The molecule has 0 fully saturated rings. The van der Waals surface area contributed by atoms with Crippen LogP contribution in [0.5, 0.6) is 11.5 Å². The van der Waals surface area contributed by atoms with Crippen LogP contribution in [0.4, 0.5) is 4.39 Å². The summed E-state index contributed by atoms with van der Waals surface area (Å²) in [6, 6.07) is 7.56. The minimum absolute atomic E-state index is 0.105. The summed E-state index contributed by atoms with van der Waals surface area (Å²) in [5, 5.41) is 0. The van der Waals surface area contributed by atoms with Crippen molar-refractivity contribution in [1.82, 2.24) is 4.98 Å². The third-order valence-corrected chi connectivity index (χ3v) is 2.83. The number of Topliss-reactive ketones (excluding diaryl/α,β-unsaturated/α-hetero) is 1. The number of hydrogen-bond acceptors (Lipinski definition) is 3. The van der Waals surface area contributed by atoms with Crippen LogP contribution in [0.1, 0.15) is 17.4 Å². The molecule has 0 saturated carbocycles. The fourth-order valence-electron chi connectivity index (χ4n) is 1.33. The number of aromatic nitrogens is 1. The van der Waals surface area contributed by atoms with E-state index in [0.717, 1.165) is 0 Å². The summed E-state index contributed by atoms with van der Waals surface area (Å²) >= 11 is 3.07. The minimum Gasteiger partial charge on any atom is -0.456 e. The Balaban J connectivity index is 2.18. The van der Waals surface area contributed by atoms with Gasteiger partial charge in [-0.25, -0.2) is 9.37 Å². The summed E-state index contributed by atoms with van der Waals surface area (Å²) in [5.41, 5.74) is 0.377. The van der Waals surface area contributed by atoms with Crippen LogP contribution >= 0.6 is 15.9 Å². The number of rotatable bonds is 3. The fourth-order valence-corrected chi connectivity index (χ4v) is 1.68. The first-order valence-corrected chi connectivity index (χ1v) is 5.95. The van der Waals surface area contributed by atoms with Crippen LogP contribution in [-0.2, 0) is 0 Å². The Morgan fingerprint density at radius 2 is 2.00 bits per heavy atom. The zero-order valence-electron chi connectivity index (χ0n) is 9.48. The van der Waals surface area contributed by atoms with Crippen molar-refractivity contribution in [3.8, 4) is 11.5 Å². The lowest BCUT2D eigenvalue weighted by Crippen LogP contribution is -1.96. The van der Waals surface area contributed by atoms with E-state index in [9.17, 15) is 9.18 Å². The Bertz CT molecular complexity index is 584. The van der Waals surface area contributed by atoms with Crippen LogP contribution in [0.15, 0.2) is 41.0 Å². The van der Waals surface area contributed by atoms with Crippen LogP contribution in [-0.4, -0.2) is 10.8 Å². The molecule has 5 heteroatoms. The van der Waals surface area contributed by atoms with Crippen molar-refractivity contribution in [2.24, 2.45) is 0 Å². The van der Waals surface area contributed by atoms with Crippen LogP contribution in [0, 0.1) is 5.82 Å². The van der Waals surface area contributed by atoms with Gasteiger partial charge in [-0.1, -0.05) is 0 Å². The van der Waals surface area contributed by atoms with E-state index in [1.165, 1.54) is 31.3 Å². The van der Waals surface area contributed by atoms with Gasteiger partial charge in [0.2, 0.25) is 0 Å². The van der Waals surface area contributed by atoms with Crippen molar-refractivity contribution in [2.75, 3.05) is 0 Å². The second kappa shape index (κ2) is 5.27. The maximum atomic E-state index is 13.0. The van der Waals surface area contributed by atoms with Gasteiger partial charge in [0.05, 0.1) is 10.7 Å². The normalized spacial score (nSPS) is 10.2. The highest BCUT2D eigenvalue weighted by molar-refractivity contribution is 9.10. The third-order valence-electron chi connectivity index (χ3n) is 2.22. The first-order valence-electron chi connectivity index (χ1n) is 5.16. The summed E-state index contributed by atoms with van der Waals surface area (Å²) < 4.78 is 18.8. The van der Waals surface area contributed by atoms with E-state index in [1.54, 1.807) is 12.1 Å². The van der Waals surface area contributed by atoms with Gasteiger partial charge in [0.15, 0.2) is 5.78 Å². The van der Waals surface area contributed by atoms with E-state index < -0.39 is 0 Å². The molecule has 1 aromatic carbocycles. The van der Waals surface area contributed by atoms with E-state index in [-0.39, 0.29) is 11.6 Å². The predicted octanol–water partition coefficient (Wildman–Crippen LogP) is 3.98. The van der Waals surface area contributed by atoms with E-state index in [1.807, 2.05) is 0 Å². The Kier molecular flexibility index (Phi) is 3.72. The van der Waals surface area contributed by atoms with E-state index in [2.05, 4.69) is 20.9 Å². The Hall–Kier alpha value is -1.75. The number of carbonyl (C=O) groups excluding carboxylic acids is 1. The molecular weight excluding hydrogens is 301 g/mol. The van der Waals surface area contributed by atoms with Crippen molar-refractivity contribution >= 4 is 21.7 Å². The molecule has 0 aliphatic heterocycles. The van der Waals surface area contributed by atoms with Crippen molar-refractivity contribution in [3.05, 3.63) is 52.5 Å². The Labute approximate surface area is 112 Å². The summed E-state index contributed by atoms with van der Waals surface area (Å²) in [7, 11) is 0. The van der Waals surface area contributed by atoms with Crippen LogP contribution in [0.3, 0.4) is 0 Å². The number of nitrogens with zero attached hydrogens (tertiary/aromatic N) is 1. The van der Waals surface area contributed by atoms with Crippen LogP contribution < -0.4 is 4.74 Å². The molecule has 3 nitrogen and oxygen atoms in total. The van der Waals surface area contributed by atoms with E-state index in [4.69, 9.17) is 4.74 Å². The molecule has 0 unspecified atom stereocenters. The first kappa shape index (κ1) is 12.7. The average molecular weight is 310 g/mol. The van der Waals surface area contributed by atoms with Gasteiger partial charge in [-0.15, -0.1) is 0 Å². The lowest BCUT2D eigenvalue weighted by Gasteiger charge is -2.06. The molecule has 2 aromatic rings. The number of carbonyl (C=O) groups is 1. The lowest BCUT2D eigenvalue weighted by atomic mass is 10.3. The highest BCUT2D eigenvalue weighted by Gasteiger charge is 2.04. The summed E-state index contributed by atoms with van der Waals surface area (Å²) in [5.74, 6) is 0.512. The van der Waals surface area contributed by atoms with Crippen molar-refractivity contribution < 1.29 is 13.9 Å². The summed E-state index contributed by atoms with van der Waals surface area (Å²) in [4.78, 5) is 15.0. The highest BCUT2D eigenvalue weighted by Crippen LogP contribution is 2.25. The molecule has 0 spiro atoms. The SMILES string of the molecule is CC(=O)c1ccc(Oc2ccc(F)c(Br)c2)cn1. The molecule has 1 heterocycles. The molecule has 0 amide bonds. The van der Waals surface area contributed by atoms with Gasteiger partial charge in [-0.3, -0.25) is 4.79 Å². The Morgan fingerprint density at radius 1 is 1.28 bits per heavy atom. The van der Waals surface area contributed by atoms with Gasteiger partial charge in [0.1, 0.15) is 23.0 Å². The van der Waals surface area contributed by atoms with Crippen molar-refractivity contribution in [3.63, 3.8) is 0 Å². The van der Waals surface area contributed by atoms with Gasteiger partial charge in [-0.2, -0.15) is 0 Å². The van der Waals surface area contributed by atoms with Crippen LogP contribution in [0.2, 0.25) is 0 Å². The zero-order valence-corrected chi connectivity index (χ0v) is 11.1. The molecule has 1 aromatic heterocycles. The largest absolute Gasteiger partial charge is 0.456 e. The Morgan fingerprint density at radius 3 is 2.56 bits per heavy atom. The van der Waals surface area contributed by atoms with Crippen molar-refractivity contribution in [2.45, 2.75) is 6.92 Å². The van der Waals surface area contributed by atoms with Crippen molar-refractivity contribution in [1.29, 1.82) is 0 Å². The van der Waals surface area contributed by atoms with Gasteiger partial charge in [-0.05, 0) is 46.3 Å². The lowest BCUT2D eigenvalue weighted by molar-refractivity contribution is 0.101.